The fourth-order valence-electron chi connectivity index (χ4n) is 2.69. The fourth-order valence-corrected chi connectivity index (χ4v) is 2.69. The molecule has 1 aliphatic carbocycles. The Morgan fingerprint density at radius 3 is 2.36 bits per heavy atom. The Kier molecular flexibility index (Phi) is 4.13. The molecule has 0 N–H and O–H groups in total. The van der Waals surface area contributed by atoms with E-state index in [1.807, 2.05) is 32.9 Å². The van der Waals surface area contributed by atoms with Crippen LogP contribution in [0.4, 0.5) is 0 Å². The SMILES string of the molecule is CCC(C)(C)C(=O)Oc1ccc(OCC2CC3OC3C2)cc1. The summed E-state index contributed by atoms with van der Waals surface area (Å²) in [5.41, 5.74) is -0.458. The summed E-state index contributed by atoms with van der Waals surface area (Å²) >= 11 is 0. The largest absolute Gasteiger partial charge is 0.493 e. The summed E-state index contributed by atoms with van der Waals surface area (Å²) in [6.07, 6.45) is 3.98. The number of fused-ring (bicyclic) bond motifs is 1. The number of carbonyl (C=O) groups excluding carboxylic acids is 1. The normalized spacial score (nSPS) is 26.4. The van der Waals surface area contributed by atoms with E-state index in [1.165, 1.54) is 0 Å². The smallest absolute Gasteiger partial charge is 0.316 e. The highest BCUT2D eigenvalue weighted by atomic mass is 16.6. The maximum atomic E-state index is 12.0. The predicted octanol–water partition coefficient (Wildman–Crippen LogP) is 3.58. The lowest BCUT2D eigenvalue weighted by atomic mass is 9.91. The van der Waals surface area contributed by atoms with Crippen LogP contribution in [0.15, 0.2) is 24.3 Å². The zero-order chi connectivity index (χ0) is 15.7. The highest BCUT2D eigenvalue weighted by Crippen LogP contribution is 2.42. The second-order valence-corrected chi connectivity index (χ2v) is 6.96. The van der Waals surface area contributed by atoms with Crippen molar-refractivity contribution in [2.75, 3.05) is 6.61 Å². The lowest BCUT2D eigenvalue weighted by Gasteiger charge is -2.20. The molecule has 2 fully saturated rings. The second kappa shape index (κ2) is 5.92. The molecule has 1 aliphatic heterocycles. The van der Waals surface area contributed by atoms with Crippen LogP contribution in [0.3, 0.4) is 0 Å². The molecule has 1 saturated carbocycles. The van der Waals surface area contributed by atoms with Crippen molar-refractivity contribution in [1.29, 1.82) is 0 Å². The molecule has 0 spiro atoms. The molecule has 1 aromatic rings. The monoisotopic (exact) mass is 304 g/mol. The maximum Gasteiger partial charge on any atom is 0.316 e. The highest BCUT2D eigenvalue weighted by molar-refractivity contribution is 5.78. The standard InChI is InChI=1S/C18H24O4/c1-4-18(2,3)17(19)21-14-7-5-13(6-8-14)20-11-12-9-15-16(10-12)22-15/h5-8,12,15-16H,4,9-11H2,1-3H3. The van der Waals surface area contributed by atoms with E-state index >= 15 is 0 Å². The Morgan fingerprint density at radius 2 is 1.77 bits per heavy atom. The minimum Gasteiger partial charge on any atom is -0.493 e. The van der Waals surface area contributed by atoms with Crippen LogP contribution in [0, 0.1) is 11.3 Å². The van der Waals surface area contributed by atoms with Crippen molar-refractivity contribution < 1.29 is 19.0 Å². The molecule has 1 saturated heterocycles. The molecule has 4 nitrogen and oxygen atoms in total. The molecule has 0 amide bonds. The van der Waals surface area contributed by atoms with E-state index in [2.05, 4.69) is 0 Å². The van der Waals surface area contributed by atoms with E-state index in [9.17, 15) is 4.79 Å². The van der Waals surface area contributed by atoms with Crippen LogP contribution in [0.1, 0.15) is 40.0 Å². The second-order valence-electron chi connectivity index (χ2n) is 6.96. The number of hydrogen-bond acceptors (Lipinski definition) is 4. The zero-order valence-corrected chi connectivity index (χ0v) is 13.5. The van der Waals surface area contributed by atoms with Crippen molar-refractivity contribution in [1.82, 2.24) is 0 Å². The molecule has 2 atom stereocenters. The molecular weight excluding hydrogens is 280 g/mol. The molecule has 2 unspecified atom stereocenters. The van der Waals surface area contributed by atoms with Crippen molar-refractivity contribution in [3.05, 3.63) is 24.3 Å². The summed E-state index contributed by atoms with van der Waals surface area (Å²) in [5.74, 6) is 1.78. The van der Waals surface area contributed by atoms with Crippen LogP contribution in [0.5, 0.6) is 11.5 Å². The molecule has 0 bridgehead atoms. The van der Waals surface area contributed by atoms with Crippen molar-refractivity contribution in [3.63, 3.8) is 0 Å². The molecule has 1 aromatic carbocycles. The number of carbonyl (C=O) groups is 1. The molecule has 22 heavy (non-hydrogen) atoms. The topological polar surface area (TPSA) is 48.1 Å². The van der Waals surface area contributed by atoms with Crippen molar-refractivity contribution in [2.24, 2.45) is 11.3 Å². The van der Waals surface area contributed by atoms with E-state index in [1.54, 1.807) is 12.1 Å². The summed E-state index contributed by atoms with van der Waals surface area (Å²) in [6.45, 7) is 6.50. The van der Waals surface area contributed by atoms with Gasteiger partial charge < -0.3 is 14.2 Å². The Morgan fingerprint density at radius 1 is 1.18 bits per heavy atom. The summed E-state index contributed by atoms with van der Waals surface area (Å²) in [6, 6.07) is 7.28. The maximum absolute atomic E-state index is 12.0. The van der Waals surface area contributed by atoms with Gasteiger partial charge in [-0.15, -0.1) is 0 Å². The quantitative estimate of drug-likeness (QED) is 0.458. The van der Waals surface area contributed by atoms with Gasteiger partial charge in [0, 0.05) is 0 Å². The first-order valence-corrected chi connectivity index (χ1v) is 8.08. The molecule has 120 valence electrons. The van der Waals surface area contributed by atoms with Gasteiger partial charge in [-0.1, -0.05) is 6.92 Å². The Hall–Kier alpha value is -1.55. The fraction of sp³-hybridized carbons (Fsp3) is 0.611. The third-order valence-corrected chi connectivity index (χ3v) is 4.78. The van der Waals surface area contributed by atoms with Crippen LogP contribution < -0.4 is 9.47 Å². The van der Waals surface area contributed by atoms with Gasteiger partial charge in [0.15, 0.2) is 0 Å². The summed E-state index contributed by atoms with van der Waals surface area (Å²) in [4.78, 5) is 12.0. The zero-order valence-electron chi connectivity index (χ0n) is 13.5. The van der Waals surface area contributed by atoms with Crippen molar-refractivity contribution in [2.45, 2.75) is 52.2 Å². The highest BCUT2D eigenvalue weighted by Gasteiger charge is 2.47. The van der Waals surface area contributed by atoms with Gasteiger partial charge in [-0.2, -0.15) is 0 Å². The Bertz CT molecular complexity index is 525. The molecule has 1 heterocycles. The minimum atomic E-state index is -0.458. The number of benzene rings is 1. The van der Waals surface area contributed by atoms with Crippen LogP contribution in [0.25, 0.3) is 0 Å². The summed E-state index contributed by atoms with van der Waals surface area (Å²) in [7, 11) is 0. The first kappa shape index (κ1) is 15.3. The first-order chi connectivity index (χ1) is 10.5. The van der Waals surface area contributed by atoms with Crippen molar-refractivity contribution in [3.8, 4) is 11.5 Å². The van der Waals surface area contributed by atoms with E-state index in [0.717, 1.165) is 31.6 Å². The van der Waals surface area contributed by atoms with Gasteiger partial charge in [-0.3, -0.25) is 4.79 Å². The lowest BCUT2D eigenvalue weighted by Crippen LogP contribution is -2.28. The summed E-state index contributed by atoms with van der Waals surface area (Å²) < 4.78 is 16.6. The average molecular weight is 304 g/mol. The molecule has 4 heteroatoms. The predicted molar refractivity (Wildman–Crippen MR) is 83.0 cm³/mol. The number of rotatable bonds is 6. The van der Waals surface area contributed by atoms with E-state index in [-0.39, 0.29) is 5.97 Å². The van der Waals surface area contributed by atoms with Crippen LogP contribution >= 0.6 is 0 Å². The van der Waals surface area contributed by atoms with E-state index in [4.69, 9.17) is 14.2 Å². The molecule has 2 aliphatic rings. The number of esters is 1. The number of ether oxygens (including phenoxy) is 3. The third kappa shape index (κ3) is 3.43. The van der Waals surface area contributed by atoms with Gasteiger partial charge in [0.1, 0.15) is 11.5 Å². The van der Waals surface area contributed by atoms with Gasteiger partial charge in [0.2, 0.25) is 0 Å². The van der Waals surface area contributed by atoms with Gasteiger partial charge in [0.25, 0.3) is 0 Å². The molecule has 0 radical (unpaired) electrons. The Balaban J connectivity index is 1.48. The summed E-state index contributed by atoms with van der Waals surface area (Å²) in [5, 5.41) is 0. The minimum absolute atomic E-state index is 0.200. The van der Waals surface area contributed by atoms with Crippen LogP contribution in [0.2, 0.25) is 0 Å². The molecular formula is C18H24O4. The first-order valence-electron chi connectivity index (χ1n) is 8.08. The van der Waals surface area contributed by atoms with Crippen LogP contribution in [-0.4, -0.2) is 24.8 Å². The lowest BCUT2D eigenvalue weighted by molar-refractivity contribution is -0.144. The van der Waals surface area contributed by atoms with Gasteiger partial charge in [0.05, 0.1) is 24.2 Å². The third-order valence-electron chi connectivity index (χ3n) is 4.78. The molecule has 0 aromatic heterocycles. The van der Waals surface area contributed by atoms with Gasteiger partial charge >= 0.3 is 5.97 Å². The van der Waals surface area contributed by atoms with E-state index < -0.39 is 5.41 Å². The number of epoxide rings is 1. The van der Waals surface area contributed by atoms with Crippen molar-refractivity contribution >= 4 is 5.97 Å². The van der Waals surface area contributed by atoms with Crippen LogP contribution in [-0.2, 0) is 9.53 Å². The average Bonchev–Trinajstić information content (AvgIpc) is 3.13. The van der Waals surface area contributed by atoms with Gasteiger partial charge in [-0.05, 0) is 63.3 Å². The Labute approximate surface area is 131 Å². The van der Waals surface area contributed by atoms with Gasteiger partial charge in [-0.25, -0.2) is 0 Å². The van der Waals surface area contributed by atoms with E-state index in [0.29, 0.717) is 23.9 Å². The number of hydrogen-bond donors (Lipinski definition) is 0. The molecule has 3 rings (SSSR count).